The molecule has 2 saturated heterocycles. The monoisotopic (exact) mass is 625 g/mol. The minimum Gasteiger partial charge on any atom is -0.468 e. The quantitative estimate of drug-likeness (QED) is 0.230. The maximum atomic E-state index is 13.9. The van der Waals surface area contributed by atoms with Crippen molar-refractivity contribution in [3.05, 3.63) is 71.7 Å². The van der Waals surface area contributed by atoms with Gasteiger partial charge in [0, 0.05) is 18.1 Å². The molecule has 2 fully saturated rings. The molecule has 0 saturated carbocycles. The van der Waals surface area contributed by atoms with Gasteiger partial charge in [-0.2, -0.15) is 0 Å². The van der Waals surface area contributed by atoms with Gasteiger partial charge < -0.3 is 23.7 Å². The van der Waals surface area contributed by atoms with Crippen LogP contribution in [-0.2, 0) is 33.3 Å². The average Bonchev–Trinajstić information content (AvgIpc) is 3.44. The third-order valence-corrected chi connectivity index (χ3v) is 7.47. The molecule has 14 heteroatoms. The SMILES string of the molecule is COC(=O)[C@H](Br)[C@@H]1OC2COC(c3ccccc3)O[C@@H]2C(n2cc(-c3cc(F)c(F)c(F)c3)nn2)C1OC(C)=O. The number of alkyl halides is 1. The summed E-state index contributed by atoms with van der Waals surface area (Å²) in [6.07, 6.45) is -3.34. The van der Waals surface area contributed by atoms with Crippen LogP contribution in [0.25, 0.3) is 11.3 Å². The highest BCUT2D eigenvalue weighted by molar-refractivity contribution is 9.10. The number of hydrogen-bond donors (Lipinski definition) is 0. The van der Waals surface area contributed by atoms with E-state index in [2.05, 4.69) is 26.2 Å². The number of aromatic nitrogens is 3. The summed E-state index contributed by atoms with van der Waals surface area (Å²) in [5.41, 5.74) is 0.652. The van der Waals surface area contributed by atoms with Crippen LogP contribution in [0.5, 0.6) is 0 Å². The number of hydrogen-bond acceptors (Lipinski definition) is 9. The van der Waals surface area contributed by atoms with Crippen LogP contribution in [-0.4, -0.2) is 69.9 Å². The van der Waals surface area contributed by atoms with Crippen LogP contribution in [0.3, 0.4) is 0 Å². The molecule has 2 aromatic carbocycles. The summed E-state index contributed by atoms with van der Waals surface area (Å²) in [5, 5.41) is 8.14. The second kappa shape index (κ2) is 11.6. The number of esters is 2. The molecule has 0 radical (unpaired) electrons. The Morgan fingerprint density at radius 1 is 1.12 bits per heavy atom. The topological polar surface area (TPSA) is 111 Å². The number of methoxy groups -OCH3 is 1. The van der Waals surface area contributed by atoms with E-state index in [1.165, 1.54) is 24.9 Å². The van der Waals surface area contributed by atoms with Crippen LogP contribution in [0.15, 0.2) is 48.7 Å². The van der Waals surface area contributed by atoms with Crippen molar-refractivity contribution in [3.8, 4) is 11.3 Å². The normalized spacial score (nSPS) is 26.9. The molecule has 7 atom stereocenters. The first kappa shape index (κ1) is 28.2. The van der Waals surface area contributed by atoms with Gasteiger partial charge in [0.2, 0.25) is 0 Å². The summed E-state index contributed by atoms with van der Waals surface area (Å²) in [7, 11) is 1.20. The molecule has 2 aliphatic heterocycles. The predicted molar refractivity (Wildman–Crippen MR) is 133 cm³/mol. The zero-order chi connectivity index (χ0) is 28.6. The van der Waals surface area contributed by atoms with E-state index < -0.39 is 71.0 Å². The van der Waals surface area contributed by atoms with E-state index in [9.17, 15) is 22.8 Å². The maximum absolute atomic E-state index is 13.9. The van der Waals surface area contributed by atoms with Crippen LogP contribution in [0.4, 0.5) is 13.2 Å². The zero-order valence-corrected chi connectivity index (χ0v) is 22.7. The van der Waals surface area contributed by atoms with Gasteiger partial charge in [-0.1, -0.05) is 51.5 Å². The van der Waals surface area contributed by atoms with Crippen molar-refractivity contribution in [2.45, 2.75) is 48.5 Å². The molecule has 10 nitrogen and oxygen atoms in total. The number of ether oxygens (including phenoxy) is 5. The molecule has 212 valence electrons. The van der Waals surface area contributed by atoms with Crippen molar-refractivity contribution < 1.29 is 46.4 Å². The number of rotatable bonds is 6. The molecule has 0 bridgehead atoms. The van der Waals surface area contributed by atoms with Crippen LogP contribution in [0, 0.1) is 17.5 Å². The van der Waals surface area contributed by atoms with Crippen molar-refractivity contribution in [2.24, 2.45) is 0 Å². The Bertz CT molecular complexity index is 1370. The van der Waals surface area contributed by atoms with E-state index in [4.69, 9.17) is 23.7 Å². The highest BCUT2D eigenvalue weighted by Gasteiger charge is 2.55. The Balaban J connectivity index is 1.57. The van der Waals surface area contributed by atoms with Crippen molar-refractivity contribution in [3.63, 3.8) is 0 Å². The number of benzene rings is 2. The summed E-state index contributed by atoms with van der Waals surface area (Å²) >= 11 is 3.29. The van der Waals surface area contributed by atoms with E-state index in [1.54, 1.807) is 0 Å². The highest BCUT2D eigenvalue weighted by Crippen LogP contribution is 2.42. The molecule has 0 spiro atoms. The van der Waals surface area contributed by atoms with Crippen molar-refractivity contribution in [1.29, 1.82) is 0 Å². The fourth-order valence-corrected chi connectivity index (χ4v) is 5.39. The van der Waals surface area contributed by atoms with Gasteiger partial charge in [0.1, 0.15) is 34.9 Å². The molecule has 0 amide bonds. The number of carbonyl (C=O) groups excluding carboxylic acids is 2. The molecule has 5 rings (SSSR count). The highest BCUT2D eigenvalue weighted by atomic mass is 79.9. The molecular weight excluding hydrogens is 603 g/mol. The van der Waals surface area contributed by atoms with Crippen molar-refractivity contribution >= 4 is 27.9 Å². The smallest absolute Gasteiger partial charge is 0.322 e. The lowest BCUT2D eigenvalue weighted by Crippen LogP contribution is -2.62. The van der Waals surface area contributed by atoms with E-state index in [0.29, 0.717) is 0 Å². The van der Waals surface area contributed by atoms with Crippen LogP contribution < -0.4 is 0 Å². The lowest BCUT2D eigenvalue weighted by molar-refractivity contribution is -0.317. The van der Waals surface area contributed by atoms with Gasteiger partial charge in [-0.25, -0.2) is 17.9 Å². The third-order valence-electron chi connectivity index (χ3n) is 6.57. The van der Waals surface area contributed by atoms with Gasteiger partial charge in [-0.05, 0) is 12.1 Å². The zero-order valence-electron chi connectivity index (χ0n) is 21.1. The fourth-order valence-electron chi connectivity index (χ4n) is 4.78. The molecule has 0 N–H and O–H groups in total. The Morgan fingerprint density at radius 3 is 2.48 bits per heavy atom. The van der Waals surface area contributed by atoms with Gasteiger partial charge in [0.05, 0.1) is 19.9 Å². The summed E-state index contributed by atoms with van der Waals surface area (Å²) in [4.78, 5) is 23.6. The predicted octanol–water partition coefficient (Wildman–Crippen LogP) is 3.65. The minimum atomic E-state index is -1.62. The Morgan fingerprint density at radius 2 is 1.82 bits per heavy atom. The van der Waals surface area contributed by atoms with E-state index in [0.717, 1.165) is 17.7 Å². The molecule has 3 aromatic rings. The Hall–Kier alpha value is -3.33. The van der Waals surface area contributed by atoms with Crippen LogP contribution >= 0.6 is 15.9 Å². The maximum Gasteiger partial charge on any atom is 0.322 e. The molecule has 3 heterocycles. The first-order chi connectivity index (χ1) is 19.2. The Labute approximate surface area is 234 Å². The number of halogens is 4. The second-order valence-corrected chi connectivity index (χ2v) is 10.1. The molecule has 1 aromatic heterocycles. The van der Waals surface area contributed by atoms with E-state index >= 15 is 0 Å². The van der Waals surface area contributed by atoms with Crippen LogP contribution in [0.1, 0.15) is 24.8 Å². The number of carbonyl (C=O) groups is 2. The molecule has 2 aliphatic rings. The van der Waals surface area contributed by atoms with Gasteiger partial charge >= 0.3 is 11.9 Å². The second-order valence-electron chi connectivity index (χ2n) is 9.14. The van der Waals surface area contributed by atoms with Gasteiger partial charge in [0.25, 0.3) is 0 Å². The number of fused-ring (bicyclic) bond motifs is 1. The lowest BCUT2D eigenvalue weighted by atomic mass is 9.90. The lowest BCUT2D eigenvalue weighted by Gasteiger charge is -2.49. The van der Waals surface area contributed by atoms with Crippen LogP contribution in [0.2, 0.25) is 0 Å². The molecule has 0 aliphatic carbocycles. The van der Waals surface area contributed by atoms with Crippen molar-refractivity contribution in [1.82, 2.24) is 15.0 Å². The summed E-state index contributed by atoms with van der Waals surface area (Å²) < 4.78 is 71.7. The van der Waals surface area contributed by atoms with E-state index in [-0.39, 0.29) is 17.9 Å². The van der Waals surface area contributed by atoms with Crippen molar-refractivity contribution in [2.75, 3.05) is 13.7 Å². The first-order valence-electron chi connectivity index (χ1n) is 12.1. The van der Waals surface area contributed by atoms with E-state index in [1.807, 2.05) is 30.3 Å². The fraction of sp³-hybridized carbons (Fsp3) is 0.385. The summed E-state index contributed by atoms with van der Waals surface area (Å²) in [6, 6.07) is 9.71. The molecule has 40 heavy (non-hydrogen) atoms. The molecule has 4 unspecified atom stereocenters. The Kier molecular flexibility index (Phi) is 8.21. The standard InChI is InChI=1S/C26H23BrF3N3O7/c1-12(34)38-24-21(33-10-17(31-32-33)14-8-15(28)20(30)16(29)9-14)22-18(39-23(24)19(27)25(35)36-2)11-37-26(40-22)13-6-4-3-5-7-13/h3-10,18-19,21-24,26H,11H2,1-2H3/t18?,19-,21?,22+,23+,24?,26?/m1/s1. The average molecular weight is 626 g/mol. The van der Waals surface area contributed by atoms with Gasteiger partial charge in [-0.3, -0.25) is 9.59 Å². The van der Waals surface area contributed by atoms with Gasteiger partial charge in [-0.15, -0.1) is 5.10 Å². The largest absolute Gasteiger partial charge is 0.468 e. The first-order valence-corrected chi connectivity index (χ1v) is 13.0. The number of nitrogens with zero attached hydrogens (tertiary/aromatic N) is 3. The minimum absolute atomic E-state index is 0.00833. The van der Waals surface area contributed by atoms with Gasteiger partial charge in [0.15, 0.2) is 29.8 Å². The summed E-state index contributed by atoms with van der Waals surface area (Å²) in [5.74, 6) is -5.77. The summed E-state index contributed by atoms with van der Waals surface area (Å²) in [6.45, 7) is 1.23. The molecular formula is C26H23BrF3N3O7. The third kappa shape index (κ3) is 5.48.